The van der Waals surface area contributed by atoms with Crippen LogP contribution in [-0.4, -0.2) is 77.8 Å². The number of imidazole rings is 1. The first-order valence-electron chi connectivity index (χ1n) is 13.2. The minimum Gasteiger partial charge on any atom is -0.354 e. The predicted molar refractivity (Wildman–Crippen MR) is 159 cm³/mol. The van der Waals surface area contributed by atoms with E-state index in [9.17, 15) is 9.59 Å². The van der Waals surface area contributed by atoms with Crippen LogP contribution in [0.15, 0.2) is 73.2 Å². The second-order valence-corrected chi connectivity index (χ2v) is 10.6. The number of carbonyl (C=O) groups excluding carboxylic acids is 2. The summed E-state index contributed by atoms with van der Waals surface area (Å²) in [4.78, 5) is 36.7. The summed E-state index contributed by atoms with van der Waals surface area (Å²) >= 11 is 6.20. The lowest BCUT2D eigenvalue weighted by Crippen LogP contribution is -2.48. The number of fused-ring (bicyclic) bond motifs is 2. The van der Waals surface area contributed by atoms with E-state index in [4.69, 9.17) is 11.6 Å². The fourth-order valence-electron chi connectivity index (χ4n) is 5.10. The van der Waals surface area contributed by atoms with Gasteiger partial charge in [-0.05, 0) is 55.6 Å². The number of hydrogen-bond donors (Lipinski definition) is 2. The van der Waals surface area contributed by atoms with Crippen molar-refractivity contribution in [1.29, 1.82) is 0 Å². The van der Waals surface area contributed by atoms with Crippen LogP contribution in [0.2, 0.25) is 5.02 Å². The third kappa shape index (κ3) is 5.19. The van der Waals surface area contributed by atoms with E-state index < -0.39 is 0 Å². The van der Waals surface area contributed by atoms with E-state index >= 15 is 0 Å². The molecule has 0 spiro atoms. The van der Waals surface area contributed by atoms with Crippen molar-refractivity contribution in [2.45, 2.75) is 0 Å². The standard InChI is InChI=1S/C30H30ClN7O2/c1-35-13-15-37(16-14-35)19-27(39)36(2)23-7-5-22(6-8-23)33-29(20-3-10-26-32-11-12-38(26)18-20)28-24-9-4-21(31)17-25(24)34-30(28)40/h3-12,17-18,33H,13-16,19H2,1-2H3,(H,34,40). The van der Waals surface area contributed by atoms with Gasteiger partial charge in [-0.15, -0.1) is 0 Å². The normalized spacial score (nSPS) is 17.0. The topological polar surface area (TPSA) is 85.2 Å². The molecule has 6 rings (SSSR count). The Hall–Kier alpha value is -4.18. The number of likely N-dealkylation sites (N-methyl/N-ethyl adjacent to an activating group) is 2. The molecular formula is C30H30ClN7O2. The van der Waals surface area contributed by atoms with Crippen LogP contribution in [0.25, 0.3) is 16.9 Å². The summed E-state index contributed by atoms with van der Waals surface area (Å²) in [7, 11) is 3.91. The molecular weight excluding hydrogens is 526 g/mol. The summed E-state index contributed by atoms with van der Waals surface area (Å²) in [5, 5.41) is 6.97. The summed E-state index contributed by atoms with van der Waals surface area (Å²) in [6.07, 6.45) is 5.55. The van der Waals surface area contributed by atoms with E-state index in [1.807, 2.05) is 59.3 Å². The smallest absolute Gasteiger partial charge is 0.258 e. The number of aromatic nitrogens is 2. The predicted octanol–water partition coefficient (Wildman–Crippen LogP) is 4.13. The van der Waals surface area contributed by atoms with Crippen molar-refractivity contribution in [3.63, 3.8) is 0 Å². The first-order chi connectivity index (χ1) is 19.4. The van der Waals surface area contributed by atoms with E-state index in [1.54, 1.807) is 30.3 Å². The highest BCUT2D eigenvalue weighted by Gasteiger charge is 2.29. The lowest BCUT2D eigenvalue weighted by atomic mass is 10.0. The molecule has 2 aromatic heterocycles. The largest absolute Gasteiger partial charge is 0.354 e. The highest BCUT2D eigenvalue weighted by Crippen LogP contribution is 2.39. The Morgan fingerprint density at radius 2 is 1.85 bits per heavy atom. The van der Waals surface area contributed by atoms with Gasteiger partial charge in [-0.3, -0.25) is 14.5 Å². The van der Waals surface area contributed by atoms with Gasteiger partial charge in [-0.2, -0.15) is 0 Å². The molecule has 204 valence electrons. The van der Waals surface area contributed by atoms with Crippen LogP contribution >= 0.6 is 11.6 Å². The number of piperazine rings is 1. The first-order valence-corrected chi connectivity index (χ1v) is 13.6. The second kappa shape index (κ2) is 10.8. The van der Waals surface area contributed by atoms with E-state index in [0.717, 1.165) is 54.3 Å². The monoisotopic (exact) mass is 555 g/mol. The Morgan fingerprint density at radius 3 is 2.62 bits per heavy atom. The SMILES string of the molecule is CN1CCN(CC(=O)N(C)c2ccc(NC(=C3C(=O)Nc4cc(Cl)ccc43)c3ccc4nccn4c3)cc2)CC1. The molecule has 0 bridgehead atoms. The number of amides is 2. The molecule has 1 saturated heterocycles. The lowest BCUT2D eigenvalue weighted by Gasteiger charge is -2.32. The van der Waals surface area contributed by atoms with Gasteiger partial charge in [0.05, 0.1) is 23.5 Å². The molecule has 0 aliphatic carbocycles. The van der Waals surface area contributed by atoms with E-state index in [-0.39, 0.29) is 11.8 Å². The Balaban J connectivity index is 1.29. The van der Waals surface area contributed by atoms with Gasteiger partial charge in [0.1, 0.15) is 5.65 Å². The Kier molecular flexibility index (Phi) is 7.02. The fourth-order valence-corrected chi connectivity index (χ4v) is 5.27. The molecule has 40 heavy (non-hydrogen) atoms. The average Bonchev–Trinajstić information content (AvgIpc) is 3.55. The second-order valence-electron chi connectivity index (χ2n) is 10.2. The third-order valence-electron chi connectivity index (χ3n) is 7.51. The molecule has 4 heterocycles. The van der Waals surface area contributed by atoms with Gasteiger partial charge >= 0.3 is 0 Å². The Labute approximate surface area is 237 Å². The van der Waals surface area contributed by atoms with E-state index in [0.29, 0.717) is 28.5 Å². The van der Waals surface area contributed by atoms with Crippen LogP contribution in [0.1, 0.15) is 11.1 Å². The average molecular weight is 556 g/mol. The van der Waals surface area contributed by atoms with Crippen molar-refractivity contribution in [1.82, 2.24) is 19.2 Å². The Morgan fingerprint density at radius 1 is 1.07 bits per heavy atom. The Bertz CT molecular complexity index is 1620. The molecule has 2 aliphatic heterocycles. The molecule has 2 amide bonds. The van der Waals surface area contributed by atoms with Gasteiger partial charge in [0.2, 0.25) is 5.91 Å². The lowest BCUT2D eigenvalue weighted by molar-refractivity contribution is -0.119. The van der Waals surface area contributed by atoms with Crippen LogP contribution in [0.3, 0.4) is 0 Å². The maximum absolute atomic E-state index is 13.2. The number of nitrogens with zero attached hydrogens (tertiary/aromatic N) is 5. The number of hydrogen-bond acceptors (Lipinski definition) is 6. The number of halogens is 1. The zero-order valence-electron chi connectivity index (χ0n) is 22.4. The molecule has 4 aromatic rings. The molecule has 0 atom stereocenters. The molecule has 2 aromatic carbocycles. The summed E-state index contributed by atoms with van der Waals surface area (Å²) < 4.78 is 1.91. The van der Waals surface area contributed by atoms with Gasteiger partial charge in [-0.25, -0.2) is 4.98 Å². The maximum atomic E-state index is 13.2. The quantitative estimate of drug-likeness (QED) is 0.348. The molecule has 1 fully saturated rings. The zero-order valence-corrected chi connectivity index (χ0v) is 23.2. The van der Waals surface area contributed by atoms with Crippen LogP contribution in [0, 0.1) is 0 Å². The number of carbonyl (C=O) groups is 2. The molecule has 0 radical (unpaired) electrons. The number of rotatable bonds is 6. The van der Waals surface area contributed by atoms with Crippen molar-refractivity contribution in [2.24, 2.45) is 0 Å². The molecule has 10 heteroatoms. The molecule has 0 saturated carbocycles. The van der Waals surface area contributed by atoms with Crippen LogP contribution in [-0.2, 0) is 9.59 Å². The minimum atomic E-state index is -0.212. The summed E-state index contributed by atoms with van der Waals surface area (Å²) in [5.74, 6) is -0.157. The number of anilines is 3. The minimum absolute atomic E-state index is 0.0552. The van der Waals surface area contributed by atoms with Crippen LogP contribution in [0.5, 0.6) is 0 Å². The maximum Gasteiger partial charge on any atom is 0.258 e. The number of pyridine rings is 1. The molecule has 2 aliphatic rings. The fraction of sp³-hybridized carbons (Fsp3) is 0.233. The number of benzene rings is 2. The van der Waals surface area contributed by atoms with E-state index in [2.05, 4.69) is 32.5 Å². The van der Waals surface area contributed by atoms with Crippen LogP contribution in [0.4, 0.5) is 17.1 Å². The summed E-state index contributed by atoms with van der Waals surface area (Å²) in [5.41, 5.74) is 5.84. The molecule has 9 nitrogen and oxygen atoms in total. The highest BCUT2D eigenvalue weighted by atomic mass is 35.5. The van der Waals surface area contributed by atoms with Crippen molar-refractivity contribution in [3.05, 3.63) is 89.3 Å². The van der Waals surface area contributed by atoms with Gasteiger partial charge in [0, 0.05) is 79.3 Å². The number of nitrogens with one attached hydrogen (secondary N) is 2. The third-order valence-corrected chi connectivity index (χ3v) is 7.74. The zero-order chi connectivity index (χ0) is 27.8. The summed E-state index contributed by atoms with van der Waals surface area (Å²) in [6.45, 7) is 4.13. The summed E-state index contributed by atoms with van der Waals surface area (Å²) in [6, 6.07) is 16.9. The highest BCUT2D eigenvalue weighted by molar-refractivity contribution is 6.38. The molecule has 2 N–H and O–H groups in total. The van der Waals surface area contributed by atoms with Crippen molar-refractivity contribution < 1.29 is 9.59 Å². The van der Waals surface area contributed by atoms with Gasteiger partial charge in [-0.1, -0.05) is 17.7 Å². The van der Waals surface area contributed by atoms with Crippen molar-refractivity contribution >= 4 is 57.4 Å². The van der Waals surface area contributed by atoms with Gasteiger partial charge in [0.25, 0.3) is 5.91 Å². The van der Waals surface area contributed by atoms with Crippen molar-refractivity contribution in [3.8, 4) is 0 Å². The molecule has 0 unspecified atom stereocenters. The van der Waals surface area contributed by atoms with Crippen LogP contribution < -0.4 is 15.5 Å². The van der Waals surface area contributed by atoms with Gasteiger partial charge < -0.3 is 24.8 Å². The van der Waals surface area contributed by atoms with E-state index in [1.165, 1.54) is 0 Å². The first kappa shape index (κ1) is 26.1. The van der Waals surface area contributed by atoms with Crippen molar-refractivity contribution in [2.75, 3.05) is 62.4 Å². The van der Waals surface area contributed by atoms with Gasteiger partial charge in [0.15, 0.2) is 0 Å².